The lowest BCUT2D eigenvalue weighted by Crippen LogP contribution is -2.47. The first-order chi connectivity index (χ1) is 14.3. The molecule has 30 heavy (non-hydrogen) atoms. The summed E-state index contributed by atoms with van der Waals surface area (Å²) in [5.74, 6) is 1.97. The maximum Gasteiger partial charge on any atom is 0.131 e. The maximum atomic E-state index is 10.8. The molecule has 0 unspecified atom stereocenters. The van der Waals surface area contributed by atoms with Gasteiger partial charge >= 0.3 is 0 Å². The Bertz CT molecular complexity index is 861. The molecule has 162 valence electrons. The molecule has 1 aliphatic carbocycles. The molecule has 2 aromatic rings. The summed E-state index contributed by atoms with van der Waals surface area (Å²) in [6.45, 7) is 6.30. The van der Waals surface area contributed by atoms with Gasteiger partial charge in [-0.1, -0.05) is 30.3 Å². The molecule has 0 radical (unpaired) electrons. The molecule has 1 fully saturated rings. The lowest BCUT2D eigenvalue weighted by atomic mass is 9.66. The minimum atomic E-state index is -0.329. The third kappa shape index (κ3) is 4.44. The number of rotatable bonds is 6. The number of ether oxygens (including phenoxy) is 2. The fraction of sp³-hybridized carbons (Fsp3) is 0.538. The Kier molecular flexibility index (Phi) is 5.97. The second-order valence-electron chi connectivity index (χ2n) is 9.55. The van der Waals surface area contributed by atoms with E-state index >= 15 is 0 Å². The Morgan fingerprint density at radius 3 is 2.70 bits per heavy atom. The summed E-state index contributed by atoms with van der Waals surface area (Å²) >= 11 is 0. The van der Waals surface area contributed by atoms with Gasteiger partial charge in [0.25, 0.3) is 0 Å². The van der Waals surface area contributed by atoms with Crippen LogP contribution in [0.1, 0.15) is 69.9 Å². The molecule has 4 heteroatoms. The van der Waals surface area contributed by atoms with Gasteiger partial charge in [0, 0.05) is 29.5 Å². The van der Waals surface area contributed by atoms with Crippen LogP contribution in [0.4, 0.5) is 0 Å². The van der Waals surface area contributed by atoms with Crippen LogP contribution >= 0.6 is 0 Å². The second-order valence-corrected chi connectivity index (χ2v) is 9.55. The van der Waals surface area contributed by atoms with E-state index in [0.29, 0.717) is 23.8 Å². The molecule has 2 aliphatic rings. The van der Waals surface area contributed by atoms with Crippen LogP contribution in [0, 0.1) is 5.92 Å². The Morgan fingerprint density at radius 1 is 1.17 bits per heavy atom. The SMILES string of the molecule is C[C@@H](CCCc1ccccc1)Oc1cc(O)c2c(c1)OC(C)(C)[C@@H]1CC[C@@H](O)C[C@@H]21. The van der Waals surface area contributed by atoms with Gasteiger partial charge in [-0.2, -0.15) is 0 Å². The summed E-state index contributed by atoms with van der Waals surface area (Å²) in [6, 6.07) is 14.1. The van der Waals surface area contributed by atoms with Crippen molar-refractivity contribution >= 4 is 0 Å². The normalized spacial score (nSPS) is 25.5. The number of aromatic hydroxyl groups is 1. The van der Waals surface area contributed by atoms with Crippen molar-refractivity contribution in [2.45, 2.75) is 83.0 Å². The Hall–Kier alpha value is -2.20. The average Bonchev–Trinajstić information content (AvgIpc) is 2.67. The molecule has 0 bridgehead atoms. The number of hydrogen-bond acceptors (Lipinski definition) is 4. The van der Waals surface area contributed by atoms with E-state index in [2.05, 4.69) is 45.0 Å². The molecule has 1 heterocycles. The summed E-state index contributed by atoms with van der Waals surface area (Å²) in [4.78, 5) is 0. The van der Waals surface area contributed by atoms with Crippen molar-refractivity contribution in [2.24, 2.45) is 5.92 Å². The van der Waals surface area contributed by atoms with E-state index in [0.717, 1.165) is 37.7 Å². The first-order valence-corrected chi connectivity index (χ1v) is 11.3. The van der Waals surface area contributed by atoms with Crippen LogP contribution in [0.5, 0.6) is 17.2 Å². The van der Waals surface area contributed by atoms with Gasteiger partial charge in [-0.05, 0) is 64.9 Å². The highest BCUT2D eigenvalue weighted by molar-refractivity contribution is 5.54. The number of aliphatic hydroxyl groups is 1. The highest BCUT2D eigenvalue weighted by atomic mass is 16.5. The second kappa shape index (κ2) is 8.50. The number of phenolic OH excluding ortho intramolecular Hbond substituents is 1. The molecule has 0 amide bonds. The van der Waals surface area contributed by atoms with Gasteiger partial charge in [0.15, 0.2) is 0 Å². The fourth-order valence-corrected chi connectivity index (χ4v) is 5.30. The van der Waals surface area contributed by atoms with Crippen molar-refractivity contribution in [2.75, 3.05) is 0 Å². The van der Waals surface area contributed by atoms with E-state index in [-0.39, 0.29) is 29.5 Å². The minimum Gasteiger partial charge on any atom is -0.507 e. The summed E-state index contributed by atoms with van der Waals surface area (Å²) in [7, 11) is 0. The molecular formula is C26H34O4. The smallest absolute Gasteiger partial charge is 0.131 e. The third-order valence-corrected chi connectivity index (χ3v) is 6.81. The number of aliphatic hydroxyl groups excluding tert-OH is 1. The first-order valence-electron chi connectivity index (χ1n) is 11.3. The third-order valence-electron chi connectivity index (χ3n) is 6.81. The number of aryl methyl sites for hydroxylation is 1. The largest absolute Gasteiger partial charge is 0.507 e. The molecule has 1 aliphatic heterocycles. The van der Waals surface area contributed by atoms with Gasteiger partial charge in [-0.25, -0.2) is 0 Å². The molecule has 0 aromatic heterocycles. The number of hydrogen-bond donors (Lipinski definition) is 2. The van der Waals surface area contributed by atoms with E-state index in [1.54, 1.807) is 6.07 Å². The monoisotopic (exact) mass is 410 g/mol. The lowest BCUT2D eigenvalue weighted by molar-refractivity contribution is -0.0318. The quantitative estimate of drug-likeness (QED) is 0.651. The molecular weight excluding hydrogens is 376 g/mol. The van der Waals surface area contributed by atoms with E-state index in [9.17, 15) is 10.2 Å². The molecule has 0 saturated heterocycles. The standard InChI is InChI=1S/C26H34O4/c1-17(8-7-11-18-9-5-4-6-10-18)29-20-15-23(28)25-21-14-19(27)12-13-22(21)26(2,3)30-24(25)16-20/h4-6,9-10,15-17,19,21-22,27-28H,7-8,11-14H2,1-3H3/t17-,19+,21+,22+/m0/s1. The molecule has 1 saturated carbocycles. The zero-order valence-electron chi connectivity index (χ0n) is 18.3. The summed E-state index contributed by atoms with van der Waals surface area (Å²) in [5.41, 5.74) is 1.85. The topological polar surface area (TPSA) is 58.9 Å². The number of fused-ring (bicyclic) bond motifs is 3. The summed E-state index contributed by atoms with van der Waals surface area (Å²) in [6.07, 6.45) is 5.14. The van der Waals surface area contributed by atoms with E-state index in [1.807, 2.05) is 12.1 Å². The van der Waals surface area contributed by atoms with Crippen LogP contribution in [-0.2, 0) is 6.42 Å². The van der Waals surface area contributed by atoms with Crippen molar-refractivity contribution in [1.29, 1.82) is 0 Å². The van der Waals surface area contributed by atoms with Gasteiger partial charge < -0.3 is 19.7 Å². The zero-order chi connectivity index (χ0) is 21.3. The van der Waals surface area contributed by atoms with Crippen molar-refractivity contribution in [1.82, 2.24) is 0 Å². The molecule has 0 spiro atoms. The number of benzene rings is 2. The first kappa shape index (κ1) is 21.0. The van der Waals surface area contributed by atoms with Crippen LogP contribution in [0.3, 0.4) is 0 Å². The van der Waals surface area contributed by atoms with Crippen molar-refractivity contribution in [3.8, 4) is 17.2 Å². The highest BCUT2D eigenvalue weighted by Gasteiger charge is 2.47. The molecule has 4 atom stereocenters. The van der Waals surface area contributed by atoms with Crippen LogP contribution in [0.15, 0.2) is 42.5 Å². The van der Waals surface area contributed by atoms with Crippen LogP contribution in [-0.4, -0.2) is 28.0 Å². The fourth-order valence-electron chi connectivity index (χ4n) is 5.30. The maximum absolute atomic E-state index is 10.8. The molecule has 4 nitrogen and oxygen atoms in total. The van der Waals surface area contributed by atoms with E-state index in [4.69, 9.17) is 9.47 Å². The number of phenols is 1. The molecule has 2 N–H and O–H groups in total. The lowest BCUT2D eigenvalue weighted by Gasteiger charge is -2.48. The Labute approximate surface area is 179 Å². The van der Waals surface area contributed by atoms with Crippen molar-refractivity contribution in [3.05, 3.63) is 53.6 Å². The predicted octanol–water partition coefficient (Wildman–Crippen LogP) is 5.60. The van der Waals surface area contributed by atoms with Crippen LogP contribution in [0.2, 0.25) is 0 Å². The van der Waals surface area contributed by atoms with Crippen LogP contribution in [0.25, 0.3) is 0 Å². The Balaban J connectivity index is 1.45. The summed E-state index contributed by atoms with van der Waals surface area (Å²) in [5, 5.41) is 21.1. The molecule has 2 aromatic carbocycles. The van der Waals surface area contributed by atoms with Crippen molar-refractivity contribution in [3.63, 3.8) is 0 Å². The van der Waals surface area contributed by atoms with Gasteiger partial charge in [-0.15, -0.1) is 0 Å². The van der Waals surface area contributed by atoms with Gasteiger partial charge in [0.05, 0.1) is 12.2 Å². The van der Waals surface area contributed by atoms with Gasteiger partial charge in [0.2, 0.25) is 0 Å². The minimum absolute atomic E-state index is 0.0482. The Morgan fingerprint density at radius 2 is 1.93 bits per heavy atom. The average molecular weight is 411 g/mol. The van der Waals surface area contributed by atoms with Crippen molar-refractivity contribution < 1.29 is 19.7 Å². The van der Waals surface area contributed by atoms with E-state index in [1.165, 1.54) is 5.56 Å². The van der Waals surface area contributed by atoms with E-state index < -0.39 is 0 Å². The zero-order valence-corrected chi connectivity index (χ0v) is 18.3. The summed E-state index contributed by atoms with van der Waals surface area (Å²) < 4.78 is 12.5. The van der Waals surface area contributed by atoms with Gasteiger partial charge in [-0.3, -0.25) is 0 Å². The predicted molar refractivity (Wildman–Crippen MR) is 118 cm³/mol. The molecule has 4 rings (SSSR count). The van der Waals surface area contributed by atoms with Gasteiger partial charge in [0.1, 0.15) is 22.8 Å². The van der Waals surface area contributed by atoms with Crippen LogP contribution < -0.4 is 9.47 Å². The highest BCUT2D eigenvalue weighted by Crippen LogP contribution is 2.55.